The van der Waals surface area contributed by atoms with E-state index in [4.69, 9.17) is 4.74 Å². The van der Waals surface area contributed by atoms with Gasteiger partial charge >= 0.3 is 0 Å². The zero-order valence-electron chi connectivity index (χ0n) is 17.1. The summed E-state index contributed by atoms with van der Waals surface area (Å²) in [6.07, 6.45) is 1.85. The van der Waals surface area contributed by atoms with Crippen LogP contribution in [0.15, 0.2) is 89.8 Å². The minimum atomic E-state index is -0.0541. The van der Waals surface area contributed by atoms with Crippen LogP contribution in [0.2, 0.25) is 0 Å². The number of benzene rings is 3. The van der Waals surface area contributed by atoms with E-state index in [0.29, 0.717) is 12.1 Å². The average molecular weight is 418 g/mol. The second-order valence-electron chi connectivity index (χ2n) is 7.74. The highest BCUT2D eigenvalue weighted by Crippen LogP contribution is 2.34. The van der Waals surface area contributed by atoms with E-state index in [1.54, 1.807) is 11.8 Å². The lowest BCUT2D eigenvalue weighted by Gasteiger charge is -2.38. The molecule has 0 aliphatic carbocycles. The third-order valence-electron chi connectivity index (χ3n) is 5.79. The van der Waals surface area contributed by atoms with Crippen molar-refractivity contribution in [2.45, 2.75) is 28.9 Å². The molecule has 1 heterocycles. The van der Waals surface area contributed by atoms with Crippen LogP contribution in [0.4, 0.5) is 0 Å². The van der Waals surface area contributed by atoms with Gasteiger partial charge in [-0.2, -0.15) is 0 Å². The van der Waals surface area contributed by atoms with Crippen molar-refractivity contribution in [1.29, 1.82) is 0 Å². The molecule has 0 saturated carbocycles. The molecule has 3 nitrogen and oxygen atoms in total. The zero-order valence-corrected chi connectivity index (χ0v) is 17.9. The predicted octanol–water partition coefficient (Wildman–Crippen LogP) is 5.46. The third-order valence-corrected chi connectivity index (χ3v) is 6.87. The fourth-order valence-corrected chi connectivity index (χ4v) is 4.78. The van der Waals surface area contributed by atoms with Gasteiger partial charge in [-0.25, -0.2) is 0 Å². The maximum absolute atomic E-state index is 12.8. The van der Waals surface area contributed by atoms with E-state index in [1.165, 1.54) is 16.0 Å². The molecule has 0 bridgehead atoms. The number of carbonyl (C=O) groups is 1. The van der Waals surface area contributed by atoms with E-state index in [2.05, 4.69) is 53.8 Å². The van der Waals surface area contributed by atoms with E-state index < -0.39 is 0 Å². The first-order chi connectivity index (χ1) is 14.8. The van der Waals surface area contributed by atoms with Crippen LogP contribution in [-0.4, -0.2) is 25.7 Å². The molecule has 1 N–H and O–H groups in total. The Hall–Kier alpha value is -2.56. The number of thioether (sulfide) groups is 1. The maximum Gasteiger partial charge on any atom is 0.251 e. The minimum Gasteiger partial charge on any atom is -0.381 e. The molecule has 0 unspecified atom stereocenters. The smallest absolute Gasteiger partial charge is 0.251 e. The van der Waals surface area contributed by atoms with Gasteiger partial charge in [-0.1, -0.05) is 60.7 Å². The molecule has 1 amide bonds. The fraction of sp³-hybridized carbons (Fsp3) is 0.269. The van der Waals surface area contributed by atoms with Gasteiger partial charge in [0.1, 0.15) is 0 Å². The number of rotatable bonds is 7. The Bertz CT molecular complexity index is 936. The summed E-state index contributed by atoms with van der Waals surface area (Å²) in [6, 6.07) is 28.8. The average Bonchev–Trinajstić information content (AvgIpc) is 2.83. The van der Waals surface area contributed by atoms with Crippen molar-refractivity contribution < 1.29 is 9.53 Å². The van der Waals surface area contributed by atoms with Gasteiger partial charge in [-0.3, -0.25) is 4.79 Å². The molecule has 4 rings (SSSR count). The molecule has 1 aliphatic heterocycles. The van der Waals surface area contributed by atoms with Crippen molar-refractivity contribution >= 4 is 17.7 Å². The highest BCUT2D eigenvalue weighted by Gasteiger charge is 2.34. The molecule has 4 heteroatoms. The fourth-order valence-electron chi connectivity index (χ4n) is 3.91. The zero-order chi connectivity index (χ0) is 20.7. The Kier molecular flexibility index (Phi) is 6.88. The largest absolute Gasteiger partial charge is 0.381 e. The maximum atomic E-state index is 12.8. The summed E-state index contributed by atoms with van der Waals surface area (Å²) in [5.41, 5.74) is 3.15. The lowest BCUT2D eigenvalue weighted by Crippen LogP contribution is -2.44. The van der Waals surface area contributed by atoms with Gasteiger partial charge in [0.2, 0.25) is 0 Å². The first kappa shape index (κ1) is 20.7. The van der Waals surface area contributed by atoms with Crippen molar-refractivity contribution in [3.8, 4) is 0 Å². The van der Waals surface area contributed by atoms with Crippen LogP contribution < -0.4 is 5.32 Å². The molecule has 1 fully saturated rings. The quantitative estimate of drug-likeness (QED) is 0.519. The van der Waals surface area contributed by atoms with Crippen molar-refractivity contribution in [2.24, 2.45) is 0 Å². The monoisotopic (exact) mass is 417 g/mol. The van der Waals surface area contributed by atoms with E-state index in [-0.39, 0.29) is 11.3 Å². The second-order valence-corrected chi connectivity index (χ2v) is 8.79. The molecular formula is C26H27NO2S. The minimum absolute atomic E-state index is 0.0148. The number of carbonyl (C=O) groups excluding carboxylic acids is 1. The molecule has 1 aliphatic rings. The van der Waals surface area contributed by atoms with Crippen molar-refractivity contribution in [3.05, 3.63) is 102 Å². The van der Waals surface area contributed by atoms with Gasteiger partial charge in [0.25, 0.3) is 5.91 Å². The highest BCUT2D eigenvalue weighted by molar-refractivity contribution is 7.98. The molecule has 0 radical (unpaired) electrons. The van der Waals surface area contributed by atoms with Crippen LogP contribution in [0.3, 0.4) is 0 Å². The first-order valence-corrected chi connectivity index (χ1v) is 11.4. The Labute approximate surface area is 182 Å². The summed E-state index contributed by atoms with van der Waals surface area (Å²) in [4.78, 5) is 14.1. The lowest BCUT2D eigenvalue weighted by atomic mass is 9.74. The summed E-state index contributed by atoms with van der Waals surface area (Å²) in [5.74, 6) is 0.877. The Morgan fingerprint density at radius 2 is 1.50 bits per heavy atom. The summed E-state index contributed by atoms with van der Waals surface area (Å²) >= 11 is 1.80. The molecular weight excluding hydrogens is 390 g/mol. The number of ether oxygens (including phenoxy) is 1. The van der Waals surface area contributed by atoms with Crippen LogP contribution in [0.1, 0.15) is 34.3 Å². The summed E-state index contributed by atoms with van der Waals surface area (Å²) in [5, 5.41) is 3.19. The molecule has 3 aromatic carbocycles. The summed E-state index contributed by atoms with van der Waals surface area (Å²) in [6.45, 7) is 2.10. The molecule has 0 aromatic heterocycles. The van der Waals surface area contributed by atoms with Crippen LogP contribution in [0, 0.1) is 0 Å². The Morgan fingerprint density at radius 1 is 0.867 bits per heavy atom. The van der Waals surface area contributed by atoms with Gasteiger partial charge in [0, 0.05) is 41.4 Å². The van der Waals surface area contributed by atoms with Crippen molar-refractivity contribution in [1.82, 2.24) is 5.32 Å². The lowest BCUT2D eigenvalue weighted by molar-refractivity contribution is 0.0487. The number of hydrogen-bond donors (Lipinski definition) is 1. The van der Waals surface area contributed by atoms with Gasteiger partial charge in [-0.15, -0.1) is 11.8 Å². The summed E-state index contributed by atoms with van der Waals surface area (Å²) in [7, 11) is 0. The van der Waals surface area contributed by atoms with Gasteiger partial charge in [-0.05, 0) is 48.2 Å². The molecule has 3 aromatic rings. The van der Waals surface area contributed by atoms with E-state index in [9.17, 15) is 4.79 Å². The van der Waals surface area contributed by atoms with E-state index >= 15 is 0 Å². The molecule has 1 saturated heterocycles. The van der Waals surface area contributed by atoms with Crippen molar-refractivity contribution in [3.63, 3.8) is 0 Å². The van der Waals surface area contributed by atoms with E-state index in [1.807, 2.05) is 36.4 Å². The SMILES string of the molecule is O=C(NCC1(c2ccccc2)CCOCC1)c1ccc(CSc2ccccc2)cc1. The van der Waals surface area contributed by atoms with Gasteiger partial charge in [0.05, 0.1) is 0 Å². The van der Waals surface area contributed by atoms with Gasteiger partial charge < -0.3 is 10.1 Å². The standard InChI is InChI=1S/C26H27NO2S/c28-25(22-13-11-21(12-14-22)19-30-24-9-5-2-6-10-24)27-20-26(15-17-29-18-16-26)23-7-3-1-4-8-23/h1-14H,15-20H2,(H,27,28). The van der Waals surface area contributed by atoms with Crippen LogP contribution in [0.25, 0.3) is 0 Å². The topological polar surface area (TPSA) is 38.3 Å². The van der Waals surface area contributed by atoms with Gasteiger partial charge in [0.15, 0.2) is 0 Å². The Balaban J connectivity index is 1.37. The summed E-state index contributed by atoms with van der Waals surface area (Å²) < 4.78 is 5.59. The van der Waals surface area contributed by atoms with Crippen molar-refractivity contribution in [2.75, 3.05) is 19.8 Å². The second kappa shape index (κ2) is 9.96. The van der Waals surface area contributed by atoms with Crippen LogP contribution in [-0.2, 0) is 15.9 Å². The molecule has 154 valence electrons. The molecule has 30 heavy (non-hydrogen) atoms. The molecule has 0 atom stereocenters. The third kappa shape index (κ3) is 5.13. The number of hydrogen-bond acceptors (Lipinski definition) is 3. The van der Waals surface area contributed by atoms with E-state index in [0.717, 1.165) is 31.8 Å². The molecule has 0 spiro atoms. The number of nitrogens with one attached hydrogen (secondary N) is 1. The van der Waals surface area contributed by atoms with Crippen LogP contribution >= 0.6 is 11.8 Å². The highest BCUT2D eigenvalue weighted by atomic mass is 32.2. The normalized spacial score (nSPS) is 15.5. The Morgan fingerprint density at radius 3 is 2.17 bits per heavy atom. The number of amides is 1. The van der Waals surface area contributed by atoms with Crippen LogP contribution in [0.5, 0.6) is 0 Å². The first-order valence-electron chi connectivity index (χ1n) is 10.4. The predicted molar refractivity (Wildman–Crippen MR) is 123 cm³/mol.